The third-order valence-electron chi connectivity index (χ3n) is 1.45. The molecule has 2 nitrogen and oxygen atoms in total. The Labute approximate surface area is 76.6 Å². The summed E-state index contributed by atoms with van der Waals surface area (Å²) in [6.45, 7) is 3.61. The van der Waals surface area contributed by atoms with Gasteiger partial charge in [-0.25, -0.2) is 4.39 Å². The smallest absolute Gasteiger partial charge is 0.182 e. The summed E-state index contributed by atoms with van der Waals surface area (Å²) in [5, 5.41) is 8.53. The molecule has 0 bridgehead atoms. The Morgan fingerprint density at radius 2 is 2.15 bits per heavy atom. The van der Waals surface area contributed by atoms with Crippen LogP contribution in [0.1, 0.15) is 19.4 Å². The molecule has 0 aromatic heterocycles. The standard InChI is InChI=1S/C10H10FNO/c1-7(2)13-9-5-3-4-8(6-12)10(9)11/h3-5,7H,1-2H3. The fraction of sp³-hybridized carbons (Fsp3) is 0.300. The van der Waals surface area contributed by atoms with E-state index in [9.17, 15) is 4.39 Å². The van der Waals surface area contributed by atoms with Crippen LogP contribution in [0.4, 0.5) is 4.39 Å². The summed E-state index contributed by atoms with van der Waals surface area (Å²) in [7, 11) is 0. The van der Waals surface area contributed by atoms with Gasteiger partial charge in [0.15, 0.2) is 11.6 Å². The van der Waals surface area contributed by atoms with Crippen molar-refractivity contribution in [3.8, 4) is 11.8 Å². The van der Waals surface area contributed by atoms with Gasteiger partial charge in [-0.05, 0) is 26.0 Å². The molecule has 0 spiro atoms. The molecule has 0 saturated heterocycles. The zero-order valence-electron chi connectivity index (χ0n) is 7.54. The largest absolute Gasteiger partial charge is 0.488 e. The van der Waals surface area contributed by atoms with Crippen molar-refractivity contribution in [3.05, 3.63) is 29.6 Å². The molecule has 0 amide bonds. The molecule has 0 aliphatic heterocycles. The predicted octanol–water partition coefficient (Wildman–Crippen LogP) is 2.48. The first-order valence-corrected chi connectivity index (χ1v) is 4.00. The molecule has 0 aliphatic rings. The molecule has 0 radical (unpaired) electrons. The van der Waals surface area contributed by atoms with Crippen LogP contribution in [0.2, 0.25) is 0 Å². The lowest BCUT2D eigenvalue weighted by Gasteiger charge is -2.10. The maximum absolute atomic E-state index is 13.3. The average molecular weight is 179 g/mol. The summed E-state index contributed by atoms with van der Waals surface area (Å²) in [4.78, 5) is 0. The van der Waals surface area contributed by atoms with Crippen LogP contribution in [0, 0.1) is 17.1 Å². The Kier molecular flexibility index (Phi) is 2.86. The Bertz CT molecular complexity index is 341. The average Bonchev–Trinajstić information content (AvgIpc) is 2.08. The van der Waals surface area contributed by atoms with Gasteiger partial charge >= 0.3 is 0 Å². The minimum Gasteiger partial charge on any atom is -0.488 e. The minimum absolute atomic E-state index is 0.0122. The number of nitrogens with zero attached hydrogens (tertiary/aromatic N) is 1. The number of ether oxygens (including phenoxy) is 1. The summed E-state index contributed by atoms with van der Waals surface area (Å²) < 4.78 is 18.4. The van der Waals surface area contributed by atoms with E-state index in [0.29, 0.717) is 0 Å². The molecular formula is C10H10FNO. The summed E-state index contributed by atoms with van der Waals surface area (Å²) in [6.07, 6.45) is -0.0940. The van der Waals surface area contributed by atoms with Crippen molar-refractivity contribution in [1.29, 1.82) is 5.26 Å². The first-order chi connectivity index (χ1) is 6.15. The number of hydrogen-bond donors (Lipinski definition) is 0. The highest BCUT2D eigenvalue weighted by Gasteiger charge is 2.09. The lowest BCUT2D eigenvalue weighted by molar-refractivity contribution is 0.231. The van der Waals surface area contributed by atoms with Crippen molar-refractivity contribution in [1.82, 2.24) is 0 Å². The van der Waals surface area contributed by atoms with Gasteiger partial charge in [-0.3, -0.25) is 0 Å². The fourth-order valence-electron chi connectivity index (χ4n) is 0.942. The topological polar surface area (TPSA) is 33.0 Å². The molecule has 0 unspecified atom stereocenters. The van der Waals surface area contributed by atoms with Crippen LogP contribution in [-0.4, -0.2) is 6.10 Å². The van der Waals surface area contributed by atoms with Crippen molar-refractivity contribution >= 4 is 0 Å². The molecule has 0 N–H and O–H groups in total. The van der Waals surface area contributed by atoms with Crippen molar-refractivity contribution in [3.63, 3.8) is 0 Å². The van der Waals surface area contributed by atoms with Crippen LogP contribution < -0.4 is 4.74 Å². The maximum atomic E-state index is 13.3. The molecule has 0 fully saturated rings. The lowest BCUT2D eigenvalue weighted by atomic mass is 10.2. The lowest BCUT2D eigenvalue weighted by Crippen LogP contribution is -2.07. The monoisotopic (exact) mass is 179 g/mol. The molecule has 1 aromatic rings. The van der Waals surface area contributed by atoms with Gasteiger partial charge in [0.05, 0.1) is 11.7 Å². The minimum atomic E-state index is -0.585. The number of rotatable bonds is 2. The quantitative estimate of drug-likeness (QED) is 0.698. The Morgan fingerprint density at radius 1 is 1.46 bits per heavy atom. The zero-order chi connectivity index (χ0) is 9.84. The Morgan fingerprint density at radius 3 is 2.69 bits per heavy atom. The molecule has 1 rings (SSSR count). The number of halogens is 1. The van der Waals surface area contributed by atoms with E-state index >= 15 is 0 Å². The van der Waals surface area contributed by atoms with Crippen molar-refractivity contribution in [2.75, 3.05) is 0 Å². The molecule has 3 heteroatoms. The normalized spacial score (nSPS) is 9.77. The van der Waals surface area contributed by atoms with Gasteiger partial charge in [0.25, 0.3) is 0 Å². The van der Waals surface area contributed by atoms with Crippen molar-refractivity contribution in [2.24, 2.45) is 0 Å². The molecule has 0 saturated carbocycles. The molecule has 1 aromatic carbocycles. The zero-order valence-corrected chi connectivity index (χ0v) is 7.54. The van der Waals surface area contributed by atoms with Crippen LogP contribution in [0.3, 0.4) is 0 Å². The summed E-state index contributed by atoms with van der Waals surface area (Å²) in [5.41, 5.74) is 0.0122. The first kappa shape index (κ1) is 9.53. The van der Waals surface area contributed by atoms with Gasteiger partial charge in [0.1, 0.15) is 6.07 Å². The van der Waals surface area contributed by atoms with Crippen LogP contribution in [-0.2, 0) is 0 Å². The van der Waals surface area contributed by atoms with E-state index in [1.165, 1.54) is 12.1 Å². The molecule has 0 heterocycles. The highest BCUT2D eigenvalue weighted by molar-refractivity contribution is 5.38. The molecular weight excluding hydrogens is 169 g/mol. The van der Waals surface area contributed by atoms with E-state index in [2.05, 4.69) is 0 Å². The highest BCUT2D eigenvalue weighted by Crippen LogP contribution is 2.20. The summed E-state index contributed by atoms with van der Waals surface area (Å²) >= 11 is 0. The van der Waals surface area contributed by atoms with Gasteiger partial charge in [0, 0.05) is 0 Å². The number of hydrogen-bond acceptors (Lipinski definition) is 2. The van der Waals surface area contributed by atoms with Crippen LogP contribution >= 0.6 is 0 Å². The van der Waals surface area contributed by atoms with Gasteiger partial charge in [-0.1, -0.05) is 6.07 Å². The molecule has 13 heavy (non-hydrogen) atoms. The highest BCUT2D eigenvalue weighted by atomic mass is 19.1. The third kappa shape index (κ3) is 2.19. The van der Waals surface area contributed by atoms with E-state index < -0.39 is 5.82 Å². The van der Waals surface area contributed by atoms with Crippen molar-refractivity contribution in [2.45, 2.75) is 20.0 Å². The Hall–Kier alpha value is -1.56. The summed E-state index contributed by atoms with van der Waals surface area (Å²) in [6, 6.07) is 6.28. The second kappa shape index (κ2) is 3.90. The molecule has 68 valence electrons. The van der Waals surface area contributed by atoms with Crippen LogP contribution in [0.15, 0.2) is 18.2 Å². The number of benzene rings is 1. The fourth-order valence-corrected chi connectivity index (χ4v) is 0.942. The van der Waals surface area contributed by atoms with E-state index in [-0.39, 0.29) is 17.4 Å². The second-order valence-electron chi connectivity index (χ2n) is 2.90. The maximum Gasteiger partial charge on any atom is 0.182 e. The molecule has 0 atom stereocenters. The van der Waals surface area contributed by atoms with Crippen LogP contribution in [0.5, 0.6) is 5.75 Å². The van der Waals surface area contributed by atoms with Gasteiger partial charge in [-0.15, -0.1) is 0 Å². The molecule has 0 aliphatic carbocycles. The predicted molar refractivity (Wildman–Crippen MR) is 46.9 cm³/mol. The first-order valence-electron chi connectivity index (χ1n) is 4.00. The van der Waals surface area contributed by atoms with E-state index in [0.717, 1.165) is 0 Å². The van der Waals surface area contributed by atoms with E-state index in [1.807, 2.05) is 0 Å². The van der Waals surface area contributed by atoms with Gasteiger partial charge in [-0.2, -0.15) is 5.26 Å². The van der Waals surface area contributed by atoms with E-state index in [4.69, 9.17) is 10.00 Å². The van der Waals surface area contributed by atoms with E-state index in [1.54, 1.807) is 26.0 Å². The SMILES string of the molecule is CC(C)Oc1cccc(C#N)c1F. The van der Waals surface area contributed by atoms with Gasteiger partial charge in [0.2, 0.25) is 0 Å². The van der Waals surface area contributed by atoms with Crippen molar-refractivity contribution < 1.29 is 9.13 Å². The summed E-state index contributed by atoms with van der Waals surface area (Å²) in [5.74, 6) is -0.451. The Balaban J connectivity index is 3.03. The number of nitriles is 1. The third-order valence-corrected chi connectivity index (χ3v) is 1.45. The van der Waals surface area contributed by atoms with Crippen LogP contribution in [0.25, 0.3) is 0 Å². The second-order valence-corrected chi connectivity index (χ2v) is 2.90. The van der Waals surface area contributed by atoms with Gasteiger partial charge < -0.3 is 4.74 Å².